The second-order valence-electron chi connectivity index (χ2n) is 5.82. The molecule has 2 amide bonds. The molecule has 1 heterocycles. The maximum Gasteiger partial charge on any atom is 0.286 e. The molecule has 0 bridgehead atoms. The molecule has 0 saturated carbocycles. The molecule has 8 heteroatoms. The molecule has 1 aromatic heterocycles. The van der Waals surface area contributed by atoms with E-state index in [1.54, 1.807) is 19.9 Å². The van der Waals surface area contributed by atoms with Gasteiger partial charge >= 0.3 is 0 Å². The lowest BCUT2D eigenvalue weighted by Crippen LogP contribution is -2.47. The van der Waals surface area contributed by atoms with Gasteiger partial charge in [0.05, 0.1) is 0 Å². The number of carbonyl (C=O) groups excluding carboxylic acids is 3. The number of aromatic nitrogens is 1. The molecular weight excluding hydrogens is 341 g/mol. The molecular formula is C18H20FN3O4. The van der Waals surface area contributed by atoms with Gasteiger partial charge in [0.2, 0.25) is 0 Å². The average molecular weight is 361 g/mol. The van der Waals surface area contributed by atoms with Crippen LogP contribution in [-0.4, -0.2) is 28.7 Å². The number of aromatic amines is 1. The average Bonchev–Trinajstić information content (AvgIpc) is 2.89. The van der Waals surface area contributed by atoms with E-state index in [2.05, 4.69) is 15.8 Å². The maximum absolute atomic E-state index is 13.5. The molecule has 138 valence electrons. The highest BCUT2D eigenvalue weighted by Crippen LogP contribution is 2.18. The van der Waals surface area contributed by atoms with E-state index in [-0.39, 0.29) is 17.2 Å². The number of H-pyrrole nitrogens is 1. The standard InChI is InChI=1S/C18H20FN3O4/c1-9-15(11(3)23)10(2)20-16(9)18(25)22-21-17(24)12(4)26-14-8-6-5-7-13(14)19/h5-8,12,20H,1-4H3,(H,21,24)(H,22,25). The molecule has 0 aliphatic rings. The third-order valence-corrected chi connectivity index (χ3v) is 3.83. The molecule has 1 aromatic carbocycles. The van der Waals surface area contributed by atoms with Crippen LogP contribution in [0.4, 0.5) is 4.39 Å². The first-order chi connectivity index (χ1) is 12.2. The van der Waals surface area contributed by atoms with E-state index in [9.17, 15) is 18.8 Å². The molecule has 0 spiro atoms. The Morgan fingerprint density at radius 1 is 1.15 bits per heavy atom. The minimum Gasteiger partial charge on any atom is -0.478 e. The molecule has 0 fully saturated rings. The van der Waals surface area contributed by atoms with E-state index < -0.39 is 23.7 Å². The van der Waals surface area contributed by atoms with Crippen molar-refractivity contribution in [2.45, 2.75) is 33.8 Å². The Morgan fingerprint density at radius 2 is 1.81 bits per heavy atom. The summed E-state index contributed by atoms with van der Waals surface area (Å²) in [5.74, 6) is -2.08. The van der Waals surface area contributed by atoms with E-state index in [4.69, 9.17) is 4.74 Å². The molecule has 7 nitrogen and oxygen atoms in total. The number of para-hydroxylation sites is 1. The lowest BCUT2D eigenvalue weighted by molar-refractivity contribution is -0.128. The van der Waals surface area contributed by atoms with Crippen LogP contribution in [0.25, 0.3) is 0 Å². The number of aryl methyl sites for hydroxylation is 1. The highest BCUT2D eigenvalue weighted by molar-refractivity contribution is 6.02. The fourth-order valence-electron chi connectivity index (χ4n) is 2.57. The van der Waals surface area contributed by atoms with Gasteiger partial charge in [0.15, 0.2) is 23.5 Å². The first kappa shape index (κ1) is 19.2. The Bertz CT molecular complexity index is 860. The highest BCUT2D eigenvalue weighted by atomic mass is 19.1. The van der Waals surface area contributed by atoms with E-state index in [0.717, 1.165) is 0 Å². The van der Waals surface area contributed by atoms with Gasteiger partial charge in [-0.3, -0.25) is 25.2 Å². The summed E-state index contributed by atoms with van der Waals surface area (Å²) in [6.45, 7) is 6.16. The third kappa shape index (κ3) is 4.08. The summed E-state index contributed by atoms with van der Waals surface area (Å²) in [6.07, 6.45) is -1.04. The normalized spacial score (nSPS) is 11.6. The molecule has 1 unspecified atom stereocenters. The van der Waals surface area contributed by atoms with Gasteiger partial charge in [0, 0.05) is 11.3 Å². The van der Waals surface area contributed by atoms with Crippen molar-refractivity contribution in [2.24, 2.45) is 0 Å². The van der Waals surface area contributed by atoms with Crippen LogP contribution in [0, 0.1) is 19.7 Å². The second kappa shape index (κ2) is 7.81. The predicted octanol–water partition coefficient (Wildman–Crippen LogP) is 2.20. The smallest absolute Gasteiger partial charge is 0.286 e. The number of carbonyl (C=O) groups is 3. The Balaban J connectivity index is 1.99. The monoisotopic (exact) mass is 361 g/mol. The number of benzene rings is 1. The number of ether oxygens (including phenoxy) is 1. The van der Waals surface area contributed by atoms with Gasteiger partial charge in [-0.2, -0.15) is 0 Å². The van der Waals surface area contributed by atoms with Crippen LogP contribution < -0.4 is 15.6 Å². The third-order valence-electron chi connectivity index (χ3n) is 3.83. The number of rotatable bonds is 5. The van der Waals surface area contributed by atoms with Crippen molar-refractivity contribution in [3.63, 3.8) is 0 Å². The summed E-state index contributed by atoms with van der Waals surface area (Å²) >= 11 is 0. The summed E-state index contributed by atoms with van der Waals surface area (Å²) in [6, 6.07) is 5.69. The fraction of sp³-hybridized carbons (Fsp3) is 0.278. The number of hydrogen-bond donors (Lipinski definition) is 3. The van der Waals surface area contributed by atoms with Crippen molar-refractivity contribution in [3.8, 4) is 5.75 Å². The van der Waals surface area contributed by atoms with Gasteiger partial charge in [-0.05, 0) is 45.4 Å². The van der Waals surface area contributed by atoms with Crippen molar-refractivity contribution in [2.75, 3.05) is 0 Å². The first-order valence-corrected chi connectivity index (χ1v) is 7.93. The number of hydrazine groups is 1. The van der Waals surface area contributed by atoms with Crippen LogP contribution in [0.15, 0.2) is 24.3 Å². The van der Waals surface area contributed by atoms with Crippen molar-refractivity contribution in [1.29, 1.82) is 0 Å². The number of hydrogen-bond acceptors (Lipinski definition) is 4. The van der Waals surface area contributed by atoms with Gasteiger partial charge in [-0.25, -0.2) is 4.39 Å². The zero-order valence-electron chi connectivity index (χ0n) is 14.9. The number of amides is 2. The molecule has 3 N–H and O–H groups in total. The molecule has 2 rings (SSSR count). The van der Waals surface area contributed by atoms with E-state index in [1.165, 1.54) is 32.0 Å². The summed E-state index contributed by atoms with van der Waals surface area (Å²) < 4.78 is 18.8. The van der Waals surface area contributed by atoms with Crippen LogP contribution in [0.3, 0.4) is 0 Å². The summed E-state index contributed by atoms with van der Waals surface area (Å²) in [4.78, 5) is 38.7. The first-order valence-electron chi connectivity index (χ1n) is 7.93. The number of halogens is 1. The molecule has 0 aliphatic carbocycles. The van der Waals surface area contributed by atoms with Gasteiger partial charge in [-0.15, -0.1) is 0 Å². The van der Waals surface area contributed by atoms with E-state index in [1.807, 2.05) is 0 Å². The second-order valence-corrected chi connectivity index (χ2v) is 5.82. The maximum atomic E-state index is 13.5. The Hall–Kier alpha value is -3.16. The van der Waals surface area contributed by atoms with Gasteiger partial charge in [0.25, 0.3) is 11.8 Å². The highest BCUT2D eigenvalue weighted by Gasteiger charge is 2.21. The van der Waals surface area contributed by atoms with E-state index >= 15 is 0 Å². The molecule has 0 aliphatic heterocycles. The van der Waals surface area contributed by atoms with Crippen LogP contribution in [0.2, 0.25) is 0 Å². The van der Waals surface area contributed by atoms with Crippen molar-refractivity contribution >= 4 is 17.6 Å². The lowest BCUT2D eigenvalue weighted by Gasteiger charge is -2.15. The Morgan fingerprint density at radius 3 is 2.38 bits per heavy atom. The fourth-order valence-corrected chi connectivity index (χ4v) is 2.57. The summed E-state index contributed by atoms with van der Waals surface area (Å²) in [7, 11) is 0. The quantitative estimate of drug-likeness (QED) is 0.561. The zero-order valence-corrected chi connectivity index (χ0v) is 14.9. The summed E-state index contributed by atoms with van der Waals surface area (Å²) in [5, 5.41) is 0. The predicted molar refractivity (Wildman–Crippen MR) is 92.4 cm³/mol. The van der Waals surface area contributed by atoms with Gasteiger partial charge in [0.1, 0.15) is 5.69 Å². The molecule has 2 aromatic rings. The molecule has 0 saturated heterocycles. The minimum absolute atomic E-state index is 0.0663. The van der Waals surface area contributed by atoms with E-state index in [0.29, 0.717) is 16.8 Å². The lowest BCUT2D eigenvalue weighted by atomic mass is 10.1. The van der Waals surface area contributed by atoms with Gasteiger partial charge in [-0.1, -0.05) is 12.1 Å². The topological polar surface area (TPSA) is 100 Å². The van der Waals surface area contributed by atoms with Crippen molar-refractivity contribution in [3.05, 3.63) is 52.6 Å². The largest absolute Gasteiger partial charge is 0.478 e. The molecule has 0 radical (unpaired) electrons. The van der Waals surface area contributed by atoms with Crippen LogP contribution in [0.1, 0.15) is 46.0 Å². The zero-order chi connectivity index (χ0) is 19.4. The minimum atomic E-state index is -1.04. The SMILES string of the molecule is CC(=O)c1c(C)[nH]c(C(=O)NNC(=O)C(C)Oc2ccccc2F)c1C. The number of Topliss-reactive ketones (excluding diaryl/α,β-unsaturated/α-hetero) is 1. The molecule has 26 heavy (non-hydrogen) atoms. The van der Waals surface area contributed by atoms with Crippen LogP contribution in [-0.2, 0) is 4.79 Å². The van der Waals surface area contributed by atoms with Crippen LogP contribution in [0.5, 0.6) is 5.75 Å². The summed E-state index contributed by atoms with van der Waals surface area (Å²) in [5.41, 5.74) is 6.15. The van der Waals surface area contributed by atoms with Gasteiger partial charge < -0.3 is 9.72 Å². The van der Waals surface area contributed by atoms with Crippen LogP contribution >= 0.6 is 0 Å². The molecule has 1 atom stereocenters. The Labute approximate surface area is 149 Å². The Kier molecular flexibility index (Phi) is 5.76. The van der Waals surface area contributed by atoms with Crippen molar-refractivity contribution < 1.29 is 23.5 Å². The number of nitrogens with one attached hydrogen (secondary N) is 3. The number of ketones is 1. The van der Waals surface area contributed by atoms with Crippen molar-refractivity contribution in [1.82, 2.24) is 15.8 Å².